The van der Waals surface area contributed by atoms with Crippen molar-refractivity contribution >= 4 is 17.5 Å². The van der Waals surface area contributed by atoms with E-state index in [-0.39, 0.29) is 17.6 Å². The Labute approximate surface area is 114 Å². The molecule has 2 saturated heterocycles. The van der Waals surface area contributed by atoms with Crippen LogP contribution in [0.1, 0.15) is 45.4 Å². The fraction of sp³-hybridized carbons (Fsp3) is 0.929. The number of hydrogen-bond donors (Lipinski definition) is 1. The fourth-order valence-corrected chi connectivity index (χ4v) is 4.44. The summed E-state index contributed by atoms with van der Waals surface area (Å²) >= 11 is 1.95. The van der Waals surface area contributed by atoms with E-state index in [2.05, 4.69) is 6.92 Å². The highest BCUT2D eigenvalue weighted by Crippen LogP contribution is 2.40. The summed E-state index contributed by atoms with van der Waals surface area (Å²) in [5.74, 6) is 2.81. The van der Waals surface area contributed by atoms with Crippen LogP contribution < -0.4 is 5.73 Å². The van der Waals surface area contributed by atoms with Crippen molar-refractivity contribution in [1.29, 1.82) is 0 Å². The van der Waals surface area contributed by atoms with E-state index in [4.69, 9.17) is 10.5 Å². The molecule has 2 aliphatic heterocycles. The molecule has 0 aromatic rings. The molecule has 2 aliphatic rings. The molecule has 0 aromatic heterocycles. The lowest BCUT2D eigenvalue weighted by atomic mass is 9.81. The van der Waals surface area contributed by atoms with Gasteiger partial charge in [0, 0.05) is 30.7 Å². The maximum atomic E-state index is 12.3. The van der Waals surface area contributed by atoms with Crippen LogP contribution in [-0.4, -0.2) is 35.5 Å². The predicted molar refractivity (Wildman–Crippen MR) is 75.9 cm³/mol. The highest BCUT2D eigenvalue weighted by Gasteiger charge is 2.42. The maximum Gasteiger partial charge on any atom is 0.137 e. The van der Waals surface area contributed by atoms with E-state index in [1.54, 1.807) is 0 Å². The van der Waals surface area contributed by atoms with Gasteiger partial charge >= 0.3 is 0 Å². The van der Waals surface area contributed by atoms with Crippen molar-refractivity contribution in [2.24, 2.45) is 11.7 Å². The summed E-state index contributed by atoms with van der Waals surface area (Å²) < 4.78 is 5.95. The second-order valence-electron chi connectivity index (χ2n) is 5.74. The zero-order chi connectivity index (χ0) is 13.0. The normalized spacial score (nSPS) is 33.8. The fourth-order valence-electron chi connectivity index (χ4n) is 3.06. The third-order valence-electron chi connectivity index (χ3n) is 4.14. The number of ketones is 1. The zero-order valence-corrected chi connectivity index (χ0v) is 12.1. The molecule has 0 aliphatic carbocycles. The molecule has 0 amide bonds. The molecule has 2 fully saturated rings. The molecular weight excluding hydrogens is 246 g/mol. The molecule has 104 valence electrons. The van der Waals surface area contributed by atoms with Crippen molar-refractivity contribution in [2.45, 2.75) is 57.1 Å². The van der Waals surface area contributed by atoms with Gasteiger partial charge in [0.05, 0.1) is 5.60 Å². The lowest BCUT2D eigenvalue weighted by Crippen LogP contribution is -2.42. The van der Waals surface area contributed by atoms with Crippen LogP contribution in [0.3, 0.4) is 0 Å². The molecule has 0 saturated carbocycles. The smallest absolute Gasteiger partial charge is 0.137 e. The standard InChI is InChI=1S/C14H25NO2S/c1-2-3-12(15)8-13(16)11-4-6-17-14(9-11)5-7-18-10-14/h11-12H,2-10,15H2,1H3. The Balaban J connectivity index is 1.86. The van der Waals surface area contributed by atoms with E-state index in [0.29, 0.717) is 12.2 Å². The Morgan fingerprint density at radius 1 is 1.61 bits per heavy atom. The molecule has 3 nitrogen and oxygen atoms in total. The van der Waals surface area contributed by atoms with Crippen LogP contribution in [0.25, 0.3) is 0 Å². The van der Waals surface area contributed by atoms with Gasteiger partial charge in [-0.2, -0.15) is 11.8 Å². The Morgan fingerprint density at radius 3 is 3.11 bits per heavy atom. The number of carbonyl (C=O) groups excluding carboxylic acids is 1. The van der Waals surface area contributed by atoms with Crippen molar-refractivity contribution < 1.29 is 9.53 Å². The Morgan fingerprint density at radius 2 is 2.44 bits per heavy atom. The second-order valence-corrected chi connectivity index (χ2v) is 6.85. The molecule has 3 atom stereocenters. The number of rotatable bonds is 5. The van der Waals surface area contributed by atoms with Crippen molar-refractivity contribution in [3.05, 3.63) is 0 Å². The molecule has 1 spiro atoms. The largest absolute Gasteiger partial charge is 0.374 e. The summed E-state index contributed by atoms with van der Waals surface area (Å²) in [5.41, 5.74) is 5.99. The van der Waals surface area contributed by atoms with E-state index in [1.807, 2.05) is 11.8 Å². The number of carbonyl (C=O) groups is 1. The summed E-state index contributed by atoms with van der Waals surface area (Å²) in [6.07, 6.45) is 5.50. The minimum absolute atomic E-state index is 0.0120. The van der Waals surface area contributed by atoms with Crippen LogP contribution in [0.2, 0.25) is 0 Å². The van der Waals surface area contributed by atoms with Gasteiger partial charge in [-0.3, -0.25) is 4.79 Å². The number of Topliss-reactive ketones (excluding diaryl/α,β-unsaturated/α-hetero) is 1. The molecule has 4 heteroatoms. The van der Waals surface area contributed by atoms with Crippen LogP contribution in [0.4, 0.5) is 0 Å². The van der Waals surface area contributed by atoms with Gasteiger partial charge in [0.2, 0.25) is 0 Å². The second kappa shape index (κ2) is 6.40. The van der Waals surface area contributed by atoms with Gasteiger partial charge in [-0.05, 0) is 31.4 Å². The van der Waals surface area contributed by atoms with Crippen molar-refractivity contribution in [1.82, 2.24) is 0 Å². The van der Waals surface area contributed by atoms with Crippen LogP contribution in [0, 0.1) is 5.92 Å². The van der Waals surface area contributed by atoms with Gasteiger partial charge < -0.3 is 10.5 Å². The van der Waals surface area contributed by atoms with Crippen LogP contribution in [-0.2, 0) is 9.53 Å². The molecule has 0 bridgehead atoms. The van der Waals surface area contributed by atoms with Crippen molar-refractivity contribution in [3.8, 4) is 0 Å². The first-order valence-electron chi connectivity index (χ1n) is 7.15. The first-order chi connectivity index (χ1) is 8.65. The average molecular weight is 271 g/mol. The average Bonchev–Trinajstić information content (AvgIpc) is 2.77. The first-order valence-corrected chi connectivity index (χ1v) is 8.31. The molecule has 3 unspecified atom stereocenters. The number of hydrogen-bond acceptors (Lipinski definition) is 4. The van der Waals surface area contributed by atoms with Crippen LogP contribution in [0.15, 0.2) is 0 Å². The lowest BCUT2D eigenvalue weighted by Gasteiger charge is -2.37. The summed E-state index contributed by atoms with van der Waals surface area (Å²) in [6.45, 7) is 2.86. The van der Waals surface area contributed by atoms with E-state index in [0.717, 1.165) is 44.5 Å². The highest BCUT2D eigenvalue weighted by molar-refractivity contribution is 7.99. The predicted octanol–water partition coefficient (Wildman–Crippen LogP) is 2.38. The van der Waals surface area contributed by atoms with Crippen molar-refractivity contribution in [3.63, 3.8) is 0 Å². The zero-order valence-electron chi connectivity index (χ0n) is 11.3. The van der Waals surface area contributed by atoms with Gasteiger partial charge in [0.15, 0.2) is 0 Å². The Bertz CT molecular complexity index is 290. The maximum absolute atomic E-state index is 12.3. The first kappa shape index (κ1) is 14.4. The SMILES string of the molecule is CCCC(N)CC(=O)C1CCOC2(CCSC2)C1. The van der Waals surface area contributed by atoms with Crippen LogP contribution in [0.5, 0.6) is 0 Å². The summed E-state index contributed by atoms with van der Waals surface area (Å²) in [5, 5.41) is 0. The van der Waals surface area contributed by atoms with Crippen molar-refractivity contribution in [2.75, 3.05) is 18.1 Å². The van der Waals surface area contributed by atoms with Gasteiger partial charge in [0.1, 0.15) is 5.78 Å². The highest BCUT2D eigenvalue weighted by atomic mass is 32.2. The third-order valence-corrected chi connectivity index (χ3v) is 5.36. The van der Waals surface area contributed by atoms with Gasteiger partial charge in [-0.15, -0.1) is 0 Å². The van der Waals surface area contributed by atoms with E-state index >= 15 is 0 Å². The van der Waals surface area contributed by atoms with Crippen LogP contribution >= 0.6 is 11.8 Å². The number of ether oxygens (including phenoxy) is 1. The molecular formula is C14H25NO2S. The molecule has 2 rings (SSSR count). The molecule has 18 heavy (non-hydrogen) atoms. The number of thioether (sulfide) groups is 1. The minimum atomic E-state index is 0.0120. The monoisotopic (exact) mass is 271 g/mol. The van der Waals surface area contributed by atoms with Gasteiger partial charge in [0.25, 0.3) is 0 Å². The Hall–Kier alpha value is -0.0600. The van der Waals surface area contributed by atoms with E-state index in [1.165, 1.54) is 5.75 Å². The molecule has 0 aromatic carbocycles. The molecule has 2 heterocycles. The third kappa shape index (κ3) is 3.49. The topological polar surface area (TPSA) is 52.3 Å². The molecule has 0 radical (unpaired) electrons. The quantitative estimate of drug-likeness (QED) is 0.834. The van der Waals surface area contributed by atoms with Gasteiger partial charge in [-0.1, -0.05) is 13.3 Å². The molecule has 2 N–H and O–H groups in total. The summed E-state index contributed by atoms with van der Waals surface area (Å²) in [7, 11) is 0. The van der Waals surface area contributed by atoms with E-state index in [9.17, 15) is 4.79 Å². The van der Waals surface area contributed by atoms with E-state index < -0.39 is 0 Å². The minimum Gasteiger partial charge on any atom is -0.374 e. The lowest BCUT2D eigenvalue weighted by molar-refractivity contribution is -0.134. The number of nitrogens with two attached hydrogens (primary N) is 1. The van der Waals surface area contributed by atoms with Gasteiger partial charge in [-0.25, -0.2) is 0 Å². The Kier molecular flexibility index (Phi) is 5.10. The summed E-state index contributed by atoms with van der Waals surface area (Å²) in [6, 6.07) is 0.0549. The summed E-state index contributed by atoms with van der Waals surface area (Å²) in [4.78, 5) is 12.3.